The van der Waals surface area contributed by atoms with Crippen molar-refractivity contribution < 1.29 is 9.90 Å². The maximum absolute atomic E-state index is 11.2. The molecule has 0 spiro atoms. The van der Waals surface area contributed by atoms with E-state index in [9.17, 15) is 4.79 Å². The number of hydrogen-bond donors (Lipinski definition) is 2. The lowest BCUT2D eigenvalue weighted by atomic mass is 10.1. The number of aliphatic carboxylic acids is 1. The molecular weight excluding hydrogens is 306 g/mol. The van der Waals surface area contributed by atoms with Crippen LogP contribution >= 0.6 is 22.9 Å². The zero-order valence-corrected chi connectivity index (χ0v) is 13.5. The van der Waals surface area contributed by atoms with Crippen molar-refractivity contribution in [3.63, 3.8) is 0 Å². The SMILES string of the molecule is CC(C)[C@H](NCc1ccc(-c2ccccc2Cl)s1)C(=O)O. The highest BCUT2D eigenvalue weighted by Gasteiger charge is 2.20. The van der Waals surface area contributed by atoms with Crippen molar-refractivity contribution in [1.29, 1.82) is 0 Å². The Kier molecular flexibility index (Phi) is 5.39. The zero-order valence-electron chi connectivity index (χ0n) is 12.0. The van der Waals surface area contributed by atoms with Gasteiger partial charge >= 0.3 is 5.97 Å². The molecule has 1 aromatic heterocycles. The van der Waals surface area contributed by atoms with Gasteiger partial charge in [0, 0.05) is 26.9 Å². The van der Waals surface area contributed by atoms with Gasteiger partial charge in [-0.2, -0.15) is 0 Å². The maximum Gasteiger partial charge on any atom is 0.320 e. The van der Waals surface area contributed by atoms with Crippen molar-refractivity contribution in [2.75, 3.05) is 0 Å². The molecule has 112 valence electrons. The molecule has 21 heavy (non-hydrogen) atoms. The number of carboxylic acids is 1. The van der Waals surface area contributed by atoms with Gasteiger partial charge in [0.1, 0.15) is 6.04 Å². The molecule has 1 atom stereocenters. The molecule has 3 nitrogen and oxygen atoms in total. The second-order valence-electron chi connectivity index (χ2n) is 5.19. The van der Waals surface area contributed by atoms with Crippen molar-refractivity contribution in [2.24, 2.45) is 5.92 Å². The molecule has 0 saturated carbocycles. The van der Waals surface area contributed by atoms with E-state index in [2.05, 4.69) is 5.32 Å². The van der Waals surface area contributed by atoms with Crippen molar-refractivity contribution in [2.45, 2.75) is 26.4 Å². The Morgan fingerprint density at radius 3 is 2.62 bits per heavy atom. The van der Waals surface area contributed by atoms with E-state index in [1.165, 1.54) is 0 Å². The van der Waals surface area contributed by atoms with Gasteiger partial charge in [0.15, 0.2) is 0 Å². The van der Waals surface area contributed by atoms with Crippen molar-refractivity contribution in [1.82, 2.24) is 5.32 Å². The minimum atomic E-state index is -0.812. The monoisotopic (exact) mass is 323 g/mol. The molecule has 0 radical (unpaired) electrons. The van der Waals surface area contributed by atoms with E-state index in [1.54, 1.807) is 11.3 Å². The number of nitrogens with one attached hydrogen (secondary N) is 1. The number of carboxylic acid groups (broad SMARTS) is 1. The first-order chi connectivity index (χ1) is 9.99. The Bertz CT molecular complexity index is 624. The van der Waals surface area contributed by atoms with Gasteiger partial charge in [-0.15, -0.1) is 11.3 Å². The lowest BCUT2D eigenvalue weighted by Gasteiger charge is -2.17. The molecule has 0 bridgehead atoms. The third-order valence-corrected chi connectivity index (χ3v) is 4.68. The van der Waals surface area contributed by atoms with E-state index in [0.29, 0.717) is 6.54 Å². The first-order valence-electron chi connectivity index (χ1n) is 6.79. The largest absolute Gasteiger partial charge is 0.480 e. The molecule has 5 heteroatoms. The Hall–Kier alpha value is -1.36. The maximum atomic E-state index is 11.2. The fourth-order valence-corrected chi connectivity index (χ4v) is 3.39. The van der Waals surface area contributed by atoms with E-state index in [1.807, 2.05) is 50.2 Å². The van der Waals surface area contributed by atoms with Crippen LogP contribution in [0.1, 0.15) is 18.7 Å². The van der Waals surface area contributed by atoms with Gasteiger partial charge in [-0.1, -0.05) is 43.6 Å². The summed E-state index contributed by atoms with van der Waals surface area (Å²) in [4.78, 5) is 13.3. The lowest BCUT2D eigenvalue weighted by molar-refractivity contribution is -0.140. The molecular formula is C16H18ClNO2S. The summed E-state index contributed by atoms with van der Waals surface area (Å²) in [6.07, 6.45) is 0. The summed E-state index contributed by atoms with van der Waals surface area (Å²) >= 11 is 7.82. The molecule has 0 unspecified atom stereocenters. The Morgan fingerprint density at radius 2 is 2.00 bits per heavy atom. The third-order valence-electron chi connectivity index (χ3n) is 3.23. The highest BCUT2D eigenvalue weighted by molar-refractivity contribution is 7.15. The first-order valence-corrected chi connectivity index (χ1v) is 7.98. The van der Waals surface area contributed by atoms with Crippen LogP contribution in [0.3, 0.4) is 0 Å². The molecule has 2 N–H and O–H groups in total. The molecule has 0 aliphatic carbocycles. The average molecular weight is 324 g/mol. The van der Waals surface area contributed by atoms with Crippen LogP contribution in [0.15, 0.2) is 36.4 Å². The van der Waals surface area contributed by atoms with Crippen molar-refractivity contribution >= 4 is 28.9 Å². The molecule has 2 rings (SSSR count). The minimum absolute atomic E-state index is 0.0468. The summed E-state index contributed by atoms with van der Waals surface area (Å²) in [6, 6.07) is 11.2. The first kappa shape index (κ1) is 16.0. The number of hydrogen-bond acceptors (Lipinski definition) is 3. The van der Waals surface area contributed by atoms with Crippen LogP contribution in [0.25, 0.3) is 10.4 Å². The number of carbonyl (C=O) groups is 1. The Morgan fingerprint density at radius 1 is 1.29 bits per heavy atom. The van der Waals surface area contributed by atoms with Crippen LogP contribution < -0.4 is 5.32 Å². The van der Waals surface area contributed by atoms with Gasteiger partial charge < -0.3 is 5.11 Å². The molecule has 0 aliphatic rings. The van der Waals surface area contributed by atoms with Crippen LogP contribution in [0, 0.1) is 5.92 Å². The Labute approximate surface area is 133 Å². The number of benzene rings is 1. The van der Waals surface area contributed by atoms with Gasteiger partial charge in [-0.3, -0.25) is 10.1 Å². The Balaban J connectivity index is 2.07. The molecule has 0 saturated heterocycles. The standard InChI is InChI=1S/C16H18ClNO2S/c1-10(2)15(16(19)20)18-9-11-7-8-14(21-11)12-5-3-4-6-13(12)17/h3-8,10,15,18H,9H2,1-2H3,(H,19,20)/t15-/m0/s1. The van der Waals surface area contributed by atoms with E-state index in [0.717, 1.165) is 20.3 Å². The summed E-state index contributed by atoms with van der Waals surface area (Å²) < 4.78 is 0. The van der Waals surface area contributed by atoms with Gasteiger partial charge in [-0.25, -0.2) is 0 Å². The highest BCUT2D eigenvalue weighted by Crippen LogP contribution is 2.33. The summed E-state index contributed by atoms with van der Waals surface area (Å²) in [7, 11) is 0. The van der Waals surface area contributed by atoms with E-state index >= 15 is 0 Å². The molecule has 0 fully saturated rings. The molecule has 1 heterocycles. The smallest absolute Gasteiger partial charge is 0.320 e. The quantitative estimate of drug-likeness (QED) is 0.834. The fraction of sp³-hybridized carbons (Fsp3) is 0.312. The van der Waals surface area contributed by atoms with Crippen LogP contribution in [0.4, 0.5) is 0 Å². The summed E-state index contributed by atoms with van der Waals surface area (Å²) in [5, 5.41) is 13.0. The number of rotatable bonds is 6. The topological polar surface area (TPSA) is 49.3 Å². The summed E-state index contributed by atoms with van der Waals surface area (Å²) in [5.74, 6) is -0.765. The van der Waals surface area contributed by atoms with Gasteiger partial charge in [0.25, 0.3) is 0 Å². The normalized spacial score (nSPS) is 12.6. The predicted molar refractivity (Wildman–Crippen MR) is 87.9 cm³/mol. The average Bonchev–Trinajstić information content (AvgIpc) is 2.87. The van der Waals surface area contributed by atoms with E-state index in [-0.39, 0.29) is 5.92 Å². The van der Waals surface area contributed by atoms with Crippen LogP contribution in [-0.2, 0) is 11.3 Å². The van der Waals surface area contributed by atoms with Gasteiger partial charge in [0.05, 0.1) is 0 Å². The van der Waals surface area contributed by atoms with Crippen LogP contribution in [0.5, 0.6) is 0 Å². The number of halogens is 1. The van der Waals surface area contributed by atoms with Crippen molar-refractivity contribution in [3.8, 4) is 10.4 Å². The minimum Gasteiger partial charge on any atom is -0.480 e. The lowest BCUT2D eigenvalue weighted by Crippen LogP contribution is -2.40. The van der Waals surface area contributed by atoms with Crippen LogP contribution in [0.2, 0.25) is 5.02 Å². The molecule has 0 aliphatic heterocycles. The van der Waals surface area contributed by atoms with E-state index < -0.39 is 12.0 Å². The third kappa shape index (κ3) is 4.06. The fourth-order valence-electron chi connectivity index (χ4n) is 2.10. The van der Waals surface area contributed by atoms with Crippen LogP contribution in [-0.4, -0.2) is 17.1 Å². The number of thiophene rings is 1. The summed E-state index contributed by atoms with van der Waals surface area (Å²) in [6.45, 7) is 4.34. The highest BCUT2D eigenvalue weighted by atomic mass is 35.5. The van der Waals surface area contributed by atoms with Crippen molar-refractivity contribution in [3.05, 3.63) is 46.3 Å². The second-order valence-corrected chi connectivity index (χ2v) is 6.76. The summed E-state index contributed by atoms with van der Waals surface area (Å²) in [5.41, 5.74) is 1.01. The predicted octanol–water partition coefficient (Wildman–Crippen LogP) is 4.27. The van der Waals surface area contributed by atoms with Gasteiger partial charge in [0.2, 0.25) is 0 Å². The molecule has 0 amide bonds. The van der Waals surface area contributed by atoms with Gasteiger partial charge in [-0.05, 0) is 24.1 Å². The van der Waals surface area contributed by atoms with E-state index in [4.69, 9.17) is 16.7 Å². The zero-order chi connectivity index (χ0) is 15.4. The molecule has 1 aromatic carbocycles. The second kappa shape index (κ2) is 7.07. The molecule has 2 aromatic rings.